The van der Waals surface area contributed by atoms with Gasteiger partial charge in [-0.3, -0.25) is 9.36 Å². The third-order valence-corrected chi connectivity index (χ3v) is 6.34. The second kappa shape index (κ2) is 9.40. The third kappa shape index (κ3) is 4.45. The number of hydrogen-bond acceptors (Lipinski definition) is 7. The Morgan fingerprint density at radius 2 is 1.94 bits per heavy atom. The fourth-order valence-corrected chi connectivity index (χ4v) is 4.66. The highest BCUT2D eigenvalue weighted by Crippen LogP contribution is 2.26. The zero-order chi connectivity index (χ0) is 22.7. The lowest BCUT2D eigenvalue weighted by molar-refractivity contribution is 0.0601. The van der Waals surface area contributed by atoms with E-state index in [0.29, 0.717) is 40.3 Å². The summed E-state index contributed by atoms with van der Waals surface area (Å²) in [4.78, 5) is 30.1. The highest BCUT2D eigenvalue weighted by molar-refractivity contribution is 7.98. The topological polar surface area (TPSA) is 87.2 Å². The van der Waals surface area contributed by atoms with Crippen LogP contribution in [0.1, 0.15) is 32.9 Å². The number of ether oxygens (including phenoxy) is 1. The first-order valence-corrected chi connectivity index (χ1v) is 11.2. The third-order valence-electron chi connectivity index (χ3n) is 5.34. The highest BCUT2D eigenvalue weighted by Gasteiger charge is 2.16. The van der Waals surface area contributed by atoms with E-state index in [-0.39, 0.29) is 5.56 Å². The molecule has 4 rings (SSSR count). The van der Waals surface area contributed by atoms with Crippen LogP contribution >= 0.6 is 11.8 Å². The monoisotopic (exact) mass is 449 g/mol. The van der Waals surface area contributed by atoms with Crippen LogP contribution in [0.5, 0.6) is 0 Å². The smallest absolute Gasteiger partial charge is 0.337 e. The molecule has 0 fully saturated rings. The van der Waals surface area contributed by atoms with Gasteiger partial charge in [-0.1, -0.05) is 47.3 Å². The molecule has 0 radical (unpaired) electrons. The van der Waals surface area contributed by atoms with Crippen LogP contribution < -0.4 is 5.56 Å². The minimum atomic E-state index is -0.466. The quantitative estimate of drug-likeness (QED) is 0.236. The molecular formula is C24H23N3O4S. The van der Waals surface area contributed by atoms with Crippen LogP contribution in [0.3, 0.4) is 0 Å². The van der Waals surface area contributed by atoms with Crippen molar-refractivity contribution in [2.75, 3.05) is 7.11 Å². The molecule has 0 saturated carbocycles. The molecule has 0 atom stereocenters. The van der Waals surface area contributed by atoms with Gasteiger partial charge in [0, 0.05) is 17.9 Å². The summed E-state index contributed by atoms with van der Waals surface area (Å²) in [6.45, 7) is 4.26. The molecule has 0 spiro atoms. The number of carbonyl (C=O) groups excluding carboxylic acids is 1. The number of aryl methyl sites for hydroxylation is 3. The van der Waals surface area contributed by atoms with E-state index < -0.39 is 5.97 Å². The number of aromatic nitrogens is 3. The number of esters is 1. The first-order chi connectivity index (χ1) is 15.5. The normalized spacial score (nSPS) is 11.1. The lowest BCUT2D eigenvalue weighted by Crippen LogP contribution is -2.24. The second-order valence-electron chi connectivity index (χ2n) is 7.40. The van der Waals surface area contributed by atoms with E-state index in [2.05, 4.69) is 5.16 Å². The molecule has 0 unspecified atom stereocenters. The van der Waals surface area contributed by atoms with Gasteiger partial charge in [-0.25, -0.2) is 9.78 Å². The molecule has 0 saturated heterocycles. The van der Waals surface area contributed by atoms with Gasteiger partial charge in [0.15, 0.2) is 5.16 Å². The number of rotatable bonds is 7. The Morgan fingerprint density at radius 1 is 1.16 bits per heavy atom. The molecule has 8 heteroatoms. The lowest BCUT2D eigenvalue weighted by Gasteiger charge is -2.14. The minimum absolute atomic E-state index is 0.136. The Balaban J connectivity index is 1.75. The largest absolute Gasteiger partial charge is 0.465 e. The molecule has 2 aromatic carbocycles. The molecular weight excluding hydrogens is 426 g/mol. The van der Waals surface area contributed by atoms with Gasteiger partial charge in [0.25, 0.3) is 5.56 Å². The SMILES string of the molecule is COC(=O)c1ccc2c(=O)n(CCc3ccccc3)c(SCc3c(C)noc3C)nc2c1. The van der Waals surface area contributed by atoms with Crippen LogP contribution in [0, 0.1) is 13.8 Å². The van der Waals surface area contributed by atoms with E-state index in [9.17, 15) is 9.59 Å². The van der Waals surface area contributed by atoms with E-state index in [1.807, 2.05) is 44.2 Å². The molecule has 2 heterocycles. The molecule has 0 N–H and O–H groups in total. The van der Waals surface area contributed by atoms with E-state index in [1.54, 1.807) is 22.8 Å². The fourth-order valence-electron chi connectivity index (χ4n) is 3.48. The molecule has 4 aromatic rings. The van der Waals surface area contributed by atoms with Crippen LogP contribution in [0.15, 0.2) is 63.0 Å². The van der Waals surface area contributed by atoms with Gasteiger partial charge < -0.3 is 9.26 Å². The van der Waals surface area contributed by atoms with Crippen LogP contribution in [0.4, 0.5) is 0 Å². The Hall–Kier alpha value is -3.39. The Morgan fingerprint density at radius 3 is 2.62 bits per heavy atom. The maximum atomic E-state index is 13.4. The summed E-state index contributed by atoms with van der Waals surface area (Å²) in [5.74, 6) is 0.857. The number of hydrogen-bond donors (Lipinski definition) is 0. The van der Waals surface area contributed by atoms with Crippen molar-refractivity contribution in [3.05, 3.63) is 87.0 Å². The number of fused-ring (bicyclic) bond motifs is 1. The molecule has 0 bridgehead atoms. The predicted molar refractivity (Wildman–Crippen MR) is 123 cm³/mol. The summed E-state index contributed by atoms with van der Waals surface area (Å²) in [5.41, 5.74) is 3.64. The van der Waals surface area contributed by atoms with Crippen molar-refractivity contribution in [1.29, 1.82) is 0 Å². The van der Waals surface area contributed by atoms with Crippen molar-refractivity contribution in [3.8, 4) is 0 Å². The van der Waals surface area contributed by atoms with Gasteiger partial charge in [0.1, 0.15) is 5.76 Å². The number of nitrogens with zero attached hydrogens (tertiary/aromatic N) is 3. The van der Waals surface area contributed by atoms with Crippen molar-refractivity contribution in [2.45, 2.75) is 37.7 Å². The van der Waals surface area contributed by atoms with Crippen LogP contribution in [-0.2, 0) is 23.5 Å². The molecule has 164 valence electrons. The molecule has 0 amide bonds. The highest BCUT2D eigenvalue weighted by atomic mass is 32.2. The zero-order valence-electron chi connectivity index (χ0n) is 18.1. The zero-order valence-corrected chi connectivity index (χ0v) is 18.9. The second-order valence-corrected chi connectivity index (χ2v) is 8.34. The first-order valence-electron chi connectivity index (χ1n) is 10.2. The van der Waals surface area contributed by atoms with Crippen LogP contribution in [0.25, 0.3) is 10.9 Å². The molecule has 0 aliphatic carbocycles. The Kier molecular flexibility index (Phi) is 6.41. The van der Waals surface area contributed by atoms with E-state index in [4.69, 9.17) is 14.2 Å². The maximum absolute atomic E-state index is 13.4. The summed E-state index contributed by atoms with van der Waals surface area (Å²) in [5, 5.41) is 5.06. The minimum Gasteiger partial charge on any atom is -0.465 e. The summed E-state index contributed by atoms with van der Waals surface area (Å²) in [6.07, 6.45) is 0.701. The Bertz CT molecular complexity index is 1310. The average Bonchev–Trinajstić information content (AvgIpc) is 3.14. The molecule has 0 aliphatic rings. The van der Waals surface area contributed by atoms with Crippen LogP contribution in [-0.4, -0.2) is 27.8 Å². The van der Waals surface area contributed by atoms with Gasteiger partial charge in [-0.15, -0.1) is 0 Å². The molecule has 7 nitrogen and oxygen atoms in total. The number of methoxy groups -OCH3 is 1. The van der Waals surface area contributed by atoms with Crippen molar-refractivity contribution in [3.63, 3.8) is 0 Å². The van der Waals surface area contributed by atoms with Gasteiger partial charge in [0.05, 0.1) is 29.3 Å². The summed E-state index contributed by atoms with van der Waals surface area (Å²) < 4.78 is 11.8. The summed E-state index contributed by atoms with van der Waals surface area (Å²) in [7, 11) is 1.33. The molecule has 32 heavy (non-hydrogen) atoms. The Labute approximate surface area is 189 Å². The van der Waals surface area contributed by atoms with Gasteiger partial charge in [-0.05, 0) is 44.0 Å². The summed E-state index contributed by atoms with van der Waals surface area (Å²) >= 11 is 1.45. The van der Waals surface area contributed by atoms with Crippen molar-refractivity contribution in [1.82, 2.24) is 14.7 Å². The van der Waals surface area contributed by atoms with Crippen molar-refractivity contribution >= 4 is 28.6 Å². The van der Waals surface area contributed by atoms with Gasteiger partial charge in [-0.2, -0.15) is 0 Å². The molecule has 2 aromatic heterocycles. The summed E-state index contributed by atoms with van der Waals surface area (Å²) in [6, 6.07) is 14.9. The lowest BCUT2D eigenvalue weighted by atomic mass is 10.1. The number of benzene rings is 2. The first kappa shape index (κ1) is 21.8. The van der Waals surface area contributed by atoms with E-state index in [1.165, 1.54) is 18.9 Å². The van der Waals surface area contributed by atoms with Crippen molar-refractivity contribution < 1.29 is 14.1 Å². The average molecular weight is 450 g/mol. The number of carbonyl (C=O) groups is 1. The van der Waals surface area contributed by atoms with E-state index >= 15 is 0 Å². The predicted octanol–water partition coefficient (Wildman–Crippen LogP) is 4.32. The molecule has 0 aliphatic heterocycles. The van der Waals surface area contributed by atoms with Crippen molar-refractivity contribution in [2.24, 2.45) is 0 Å². The van der Waals surface area contributed by atoms with Gasteiger partial charge >= 0.3 is 5.97 Å². The maximum Gasteiger partial charge on any atom is 0.337 e. The number of thioether (sulfide) groups is 1. The van der Waals surface area contributed by atoms with Gasteiger partial charge in [0.2, 0.25) is 0 Å². The fraction of sp³-hybridized carbons (Fsp3) is 0.250. The van der Waals surface area contributed by atoms with E-state index in [0.717, 1.165) is 22.6 Å². The standard InChI is InChI=1S/C24H23N3O4S/c1-15-20(16(2)31-26-15)14-32-24-25-21-13-18(23(29)30-3)9-10-19(21)22(28)27(24)12-11-17-7-5-4-6-8-17/h4-10,13H,11-12,14H2,1-3H3. The van der Waals surface area contributed by atoms with Crippen LogP contribution in [0.2, 0.25) is 0 Å².